The molecule has 112 valence electrons. The van der Waals surface area contributed by atoms with Gasteiger partial charge in [0.25, 0.3) is 5.91 Å². The van der Waals surface area contributed by atoms with Gasteiger partial charge in [-0.3, -0.25) is 9.59 Å². The van der Waals surface area contributed by atoms with Crippen molar-refractivity contribution in [2.75, 3.05) is 16.8 Å². The van der Waals surface area contributed by atoms with Crippen LogP contribution in [0.5, 0.6) is 0 Å². The Morgan fingerprint density at radius 2 is 2.18 bits per heavy atom. The SMILES string of the molecule is CCN1C(=O)c2cccnc2Sc2cc(NC(C)=O)ccc21. The van der Waals surface area contributed by atoms with Gasteiger partial charge >= 0.3 is 0 Å². The highest BCUT2D eigenvalue weighted by Crippen LogP contribution is 2.41. The summed E-state index contributed by atoms with van der Waals surface area (Å²) in [6.07, 6.45) is 1.68. The van der Waals surface area contributed by atoms with Crippen molar-refractivity contribution < 1.29 is 9.59 Å². The van der Waals surface area contributed by atoms with Crippen LogP contribution < -0.4 is 10.2 Å². The summed E-state index contributed by atoms with van der Waals surface area (Å²) in [6, 6.07) is 9.10. The predicted octanol–water partition coefficient (Wildman–Crippen LogP) is 3.17. The van der Waals surface area contributed by atoms with E-state index in [0.29, 0.717) is 22.8 Å². The standard InChI is InChI=1S/C16H15N3O2S/c1-3-19-13-7-6-11(18-10(2)20)9-14(13)22-15-12(16(19)21)5-4-8-17-15/h4-9H,3H2,1-2H3,(H,18,20). The molecule has 6 heteroatoms. The van der Waals surface area contributed by atoms with Crippen LogP contribution >= 0.6 is 11.8 Å². The number of carbonyl (C=O) groups is 2. The Bertz CT molecular complexity index is 761. The molecule has 0 unspecified atom stereocenters. The van der Waals surface area contributed by atoms with E-state index in [-0.39, 0.29) is 11.8 Å². The maximum absolute atomic E-state index is 12.7. The summed E-state index contributed by atoms with van der Waals surface area (Å²) < 4.78 is 0. The summed E-state index contributed by atoms with van der Waals surface area (Å²) in [7, 11) is 0. The van der Waals surface area contributed by atoms with Crippen LogP contribution in [0.4, 0.5) is 11.4 Å². The fourth-order valence-corrected chi connectivity index (χ4v) is 3.46. The number of hydrogen-bond acceptors (Lipinski definition) is 4. The van der Waals surface area contributed by atoms with Crippen molar-refractivity contribution in [2.45, 2.75) is 23.8 Å². The minimum absolute atomic E-state index is 0.0517. The van der Waals surface area contributed by atoms with Crippen molar-refractivity contribution in [3.63, 3.8) is 0 Å². The topological polar surface area (TPSA) is 62.3 Å². The molecule has 5 nitrogen and oxygen atoms in total. The van der Waals surface area contributed by atoms with Crippen LogP contribution in [-0.2, 0) is 4.79 Å². The molecule has 2 heterocycles. The van der Waals surface area contributed by atoms with Crippen molar-refractivity contribution in [1.29, 1.82) is 0 Å². The van der Waals surface area contributed by atoms with Crippen LogP contribution in [0, 0.1) is 0 Å². The van der Waals surface area contributed by atoms with Crippen LogP contribution in [0.3, 0.4) is 0 Å². The number of anilines is 2. The summed E-state index contributed by atoms with van der Waals surface area (Å²) in [6.45, 7) is 3.98. The fraction of sp³-hybridized carbons (Fsp3) is 0.188. The lowest BCUT2D eigenvalue weighted by Crippen LogP contribution is -2.30. The third-order valence-electron chi connectivity index (χ3n) is 3.34. The predicted molar refractivity (Wildman–Crippen MR) is 86.5 cm³/mol. The maximum Gasteiger partial charge on any atom is 0.261 e. The second-order valence-corrected chi connectivity index (χ2v) is 5.90. The average Bonchev–Trinajstić information content (AvgIpc) is 2.60. The molecule has 0 bridgehead atoms. The zero-order valence-corrected chi connectivity index (χ0v) is 13.1. The minimum atomic E-state index is -0.125. The largest absolute Gasteiger partial charge is 0.326 e. The van der Waals surface area contributed by atoms with Crippen LogP contribution in [0.2, 0.25) is 0 Å². The molecule has 1 aliphatic heterocycles. The molecule has 0 fully saturated rings. The zero-order chi connectivity index (χ0) is 15.7. The summed E-state index contributed by atoms with van der Waals surface area (Å²) in [4.78, 5) is 30.9. The van der Waals surface area contributed by atoms with Gasteiger partial charge in [-0.2, -0.15) is 0 Å². The Labute approximate surface area is 132 Å². The lowest BCUT2D eigenvalue weighted by Gasteiger charge is -2.21. The molecule has 0 atom stereocenters. The number of hydrogen-bond donors (Lipinski definition) is 1. The molecular weight excluding hydrogens is 298 g/mol. The van der Waals surface area contributed by atoms with Crippen LogP contribution in [-0.4, -0.2) is 23.3 Å². The minimum Gasteiger partial charge on any atom is -0.326 e. The highest BCUT2D eigenvalue weighted by atomic mass is 32.2. The van der Waals surface area contributed by atoms with E-state index in [1.54, 1.807) is 29.3 Å². The Hall–Kier alpha value is -2.34. The number of fused-ring (bicyclic) bond motifs is 2. The van der Waals surface area contributed by atoms with Gasteiger partial charge in [0.15, 0.2) is 0 Å². The summed E-state index contributed by atoms with van der Waals surface area (Å²) in [5.41, 5.74) is 2.15. The smallest absolute Gasteiger partial charge is 0.261 e. The van der Waals surface area contributed by atoms with Gasteiger partial charge in [-0.05, 0) is 37.3 Å². The van der Waals surface area contributed by atoms with E-state index in [9.17, 15) is 9.59 Å². The summed E-state index contributed by atoms with van der Waals surface area (Å²) >= 11 is 1.44. The number of amides is 2. The van der Waals surface area contributed by atoms with E-state index in [1.165, 1.54) is 18.7 Å². The van der Waals surface area contributed by atoms with Crippen molar-refractivity contribution >= 4 is 35.0 Å². The Morgan fingerprint density at radius 3 is 2.91 bits per heavy atom. The number of benzene rings is 1. The molecule has 2 amide bonds. The number of aromatic nitrogens is 1. The molecule has 0 aliphatic carbocycles. The number of rotatable bonds is 2. The van der Waals surface area contributed by atoms with Crippen molar-refractivity contribution in [1.82, 2.24) is 4.98 Å². The van der Waals surface area contributed by atoms with E-state index in [1.807, 2.05) is 19.1 Å². The monoisotopic (exact) mass is 313 g/mol. The van der Waals surface area contributed by atoms with E-state index in [2.05, 4.69) is 10.3 Å². The molecule has 1 aromatic carbocycles. The molecule has 1 aliphatic rings. The second kappa shape index (κ2) is 5.81. The summed E-state index contributed by atoms with van der Waals surface area (Å²) in [5, 5.41) is 3.45. The van der Waals surface area contributed by atoms with E-state index in [4.69, 9.17) is 0 Å². The first-order valence-electron chi connectivity index (χ1n) is 6.96. The van der Waals surface area contributed by atoms with Gasteiger partial charge in [-0.15, -0.1) is 0 Å². The lowest BCUT2D eigenvalue weighted by molar-refractivity contribution is -0.114. The molecule has 2 aromatic rings. The zero-order valence-electron chi connectivity index (χ0n) is 12.3. The molecular formula is C16H15N3O2S. The molecule has 1 aromatic heterocycles. The van der Waals surface area contributed by atoms with Crippen molar-refractivity contribution in [3.05, 3.63) is 42.1 Å². The molecule has 3 rings (SSSR count). The third-order valence-corrected chi connectivity index (χ3v) is 4.41. The van der Waals surface area contributed by atoms with Crippen molar-refractivity contribution in [2.24, 2.45) is 0 Å². The molecule has 0 radical (unpaired) electrons. The number of pyridine rings is 1. The molecule has 0 saturated heterocycles. The number of nitrogens with zero attached hydrogens (tertiary/aromatic N) is 2. The maximum atomic E-state index is 12.7. The fourth-order valence-electron chi connectivity index (χ4n) is 2.41. The lowest BCUT2D eigenvalue weighted by atomic mass is 10.2. The van der Waals surface area contributed by atoms with Crippen molar-refractivity contribution in [3.8, 4) is 0 Å². The first-order chi connectivity index (χ1) is 10.6. The van der Waals surface area contributed by atoms with Crippen LogP contribution in [0.15, 0.2) is 46.5 Å². The molecule has 0 spiro atoms. The molecule has 1 N–H and O–H groups in total. The van der Waals surface area contributed by atoms with E-state index >= 15 is 0 Å². The van der Waals surface area contributed by atoms with E-state index < -0.39 is 0 Å². The second-order valence-electron chi connectivity index (χ2n) is 4.87. The number of nitrogens with one attached hydrogen (secondary N) is 1. The highest BCUT2D eigenvalue weighted by molar-refractivity contribution is 7.99. The van der Waals surface area contributed by atoms with Gasteiger partial charge in [-0.1, -0.05) is 11.8 Å². The van der Waals surface area contributed by atoms with E-state index in [0.717, 1.165) is 10.6 Å². The van der Waals surface area contributed by atoms with Crippen LogP contribution in [0.25, 0.3) is 0 Å². The van der Waals surface area contributed by atoms with Gasteiger partial charge in [0.05, 0.1) is 11.3 Å². The highest BCUT2D eigenvalue weighted by Gasteiger charge is 2.27. The van der Waals surface area contributed by atoms with Gasteiger partial charge in [-0.25, -0.2) is 4.98 Å². The van der Waals surface area contributed by atoms with Gasteiger partial charge in [0.1, 0.15) is 5.03 Å². The van der Waals surface area contributed by atoms with Gasteiger partial charge < -0.3 is 10.2 Å². The summed E-state index contributed by atoms with van der Waals surface area (Å²) in [5.74, 6) is -0.176. The average molecular weight is 313 g/mol. The quantitative estimate of drug-likeness (QED) is 0.925. The molecule has 0 saturated carbocycles. The normalized spacial score (nSPS) is 13.2. The number of carbonyl (C=O) groups excluding carboxylic acids is 2. The Morgan fingerprint density at radius 1 is 1.36 bits per heavy atom. The third kappa shape index (κ3) is 2.57. The first-order valence-corrected chi connectivity index (χ1v) is 7.78. The Balaban J connectivity index is 2.13. The first kappa shape index (κ1) is 14.6. The Kier molecular flexibility index (Phi) is 3.85. The van der Waals surface area contributed by atoms with Gasteiger partial charge in [0.2, 0.25) is 5.91 Å². The van der Waals surface area contributed by atoms with Crippen LogP contribution in [0.1, 0.15) is 24.2 Å². The van der Waals surface area contributed by atoms with Gasteiger partial charge in [0, 0.05) is 30.2 Å². The molecule has 22 heavy (non-hydrogen) atoms.